The summed E-state index contributed by atoms with van der Waals surface area (Å²) in [5.74, 6) is 0. The van der Waals surface area contributed by atoms with Crippen LogP contribution >= 0.6 is 11.3 Å². The summed E-state index contributed by atoms with van der Waals surface area (Å²) in [4.78, 5) is 5.67. The van der Waals surface area contributed by atoms with Gasteiger partial charge in [0.15, 0.2) is 0 Å². The van der Waals surface area contributed by atoms with E-state index in [0.717, 1.165) is 5.01 Å². The minimum atomic E-state index is -0.105. The number of thiazole rings is 1. The maximum absolute atomic E-state index is 6.20. The van der Waals surface area contributed by atoms with Crippen molar-refractivity contribution >= 4 is 11.3 Å². The zero-order valence-electron chi connectivity index (χ0n) is 8.42. The topological polar surface area (TPSA) is 38.9 Å². The molecule has 2 N–H and O–H groups in total. The predicted octanol–water partition coefficient (Wildman–Crippen LogP) is 2.22. The van der Waals surface area contributed by atoms with Crippen molar-refractivity contribution in [1.29, 1.82) is 0 Å². The summed E-state index contributed by atoms with van der Waals surface area (Å²) in [5.41, 5.74) is 6.33. The van der Waals surface area contributed by atoms with Gasteiger partial charge in [-0.1, -0.05) is 0 Å². The molecule has 0 atom stereocenters. The first-order valence-electron chi connectivity index (χ1n) is 4.67. The summed E-state index contributed by atoms with van der Waals surface area (Å²) in [5, 5.41) is 1.14. The Kier molecular flexibility index (Phi) is 1.79. The molecule has 3 heteroatoms. The Morgan fingerprint density at radius 1 is 1.54 bits per heavy atom. The summed E-state index contributed by atoms with van der Waals surface area (Å²) >= 11 is 1.79. The average Bonchev–Trinajstić information content (AvgIpc) is 2.70. The van der Waals surface area contributed by atoms with Gasteiger partial charge in [0.25, 0.3) is 0 Å². The second-order valence-corrected chi connectivity index (χ2v) is 5.78. The largest absolute Gasteiger partial charge is 0.325 e. The Bertz CT molecular complexity index is 318. The Hall–Kier alpha value is -0.410. The molecule has 1 aliphatic rings. The van der Waals surface area contributed by atoms with Crippen molar-refractivity contribution in [1.82, 2.24) is 4.98 Å². The molecule has 0 bridgehead atoms. The van der Waals surface area contributed by atoms with E-state index in [1.807, 2.05) is 13.1 Å². The normalized spacial score (nSPS) is 20.3. The number of hydrogen-bond donors (Lipinski definition) is 1. The second kappa shape index (κ2) is 2.55. The molecule has 1 saturated carbocycles. The molecule has 13 heavy (non-hydrogen) atoms. The molecule has 0 radical (unpaired) electrons. The van der Waals surface area contributed by atoms with E-state index in [4.69, 9.17) is 5.73 Å². The smallest absolute Gasteiger partial charge is 0.0896 e. The fourth-order valence-electron chi connectivity index (χ4n) is 1.92. The number of aromatic nitrogens is 1. The van der Waals surface area contributed by atoms with Crippen molar-refractivity contribution in [2.45, 2.75) is 44.6 Å². The highest BCUT2D eigenvalue weighted by Gasteiger charge is 2.54. The van der Waals surface area contributed by atoms with E-state index in [2.05, 4.69) is 18.8 Å². The first kappa shape index (κ1) is 9.16. The van der Waals surface area contributed by atoms with Crippen LogP contribution in [0.1, 0.15) is 36.6 Å². The number of aryl methyl sites for hydroxylation is 1. The lowest BCUT2D eigenvalue weighted by Crippen LogP contribution is -2.44. The number of hydrogen-bond acceptors (Lipinski definition) is 3. The van der Waals surface area contributed by atoms with Crippen LogP contribution in [0, 0.1) is 6.92 Å². The standard InChI is InChI=1S/C10H16N2S/c1-7-12-6-8(13-7)10(4-5-10)9(2,3)11/h6H,4-5,11H2,1-3H3. The zero-order valence-corrected chi connectivity index (χ0v) is 9.24. The quantitative estimate of drug-likeness (QED) is 0.787. The minimum absolute atomic E-state index is 0.105. The molecule has 2 rings (SSSR count). The third kappa shape index (κ3) is 1.30. The lowest BCUT2D eigenvalue weighted by molar-refractivity contribution is 0.396. The Morgan fingerprint density at radius 2 is 2.15 bits per heavy atom. The lowest BCUT2D eigenvalue weighted by atomic mass is 9.84. The summed E-state index contributed by atoms with van der Waals surface area (Å²) in [6, 6.07) is 0. The molecule has 1 fully saturated rings. The molecule has 1 aromatic rings. The van der Waals surface area contributed by atoms with Gasteiger partial charge in [0.05, 0.1) is 5.01 Å². The van der Waals surface area contributed by atoms with Crippen LogP contribution in [0.2, 0.25) is 0 Å². The molecule has 72 valence electrons. The van der Waals surface area contributed by atoms with Gasteiger partial charge in [-0.05, 0) is 33.6 Å². The summed E-state index contributed by atoms with van der Waals surface area (Å²) < 4.78 is 0. The highest BCUT2D eigenvalue weighted by Crippen LogP contribution is 2.56. The molecule has 1 heterocycles. The Labute approximate surface area is 83.2 Å². The van der Waals surface area contributed by atoms with Gasteiger partial charge in [0.1, 0.15) is 0 Å². The first-order valence-corrected chi connectivity index (χ1v) is 5.49. The molecule has 1 aromatic heterocycles. The van der Waals surface area contributed by atoms with E-state index in [0.29, 0.717) is 0 Å². The van der Waals surface area contributed by atoms with Crippen molar-refractivity contribution < 1.29 is 0 Å². The average molecular weight is 196 g/mol. The highest BCUT2D eigenvalue weighted by molar-refractivity contribution is 7.11. The van der Waals surface area contributed by atoms with Crippen molar-refractivity contribution in [2.24, 2.45) is 5.73 Å². The van der Waals surface area contributed by atoms with E-state index in [1.54, 1.807) is 11.3 Å². The van der Waals surface area contributed by atoms with Crippen LogP contribution in [0.3, 0.4) is 0 Å². The summed E-state index contributed by atoms with van der Waals surface area (Å²) in [6.45, 7) is 6.29. The molecular formula is C10H16N2S. The van der Waals surface area contributed by atoms with Crippen LogP contribution in [0.15, 0.2) is 6.20 Å². The monoisotopic (exact) mass is 196 g/mol. The molecule has 0 aliphatic heterocycles. The van der Waals surface area contributed by atoms with E-state index in [-0.39, 0.29) is 11.0 Å². The fourth-order valence-corrected chi connectivity index (χ4v) is 3.11. The lowest BCUT2D eigenvalue weighted by Gasteiger charge is -2.29. The van der Waals surface area contributed by atoms with Crippen molar-refractivity contribution in [3.8, 4) is 0 Å². The number of rotatable bonds is 2. The summed E-state index contributed by atoms with van der Waals surface area (Å²) in [7, 11) is 0. The Morgan fingerprint density at radius 3 is 2.46 bits per heavy atom. The van der Waals surface area contributed by atoms with Crippen LogP contribution in [0.25, 0.3) is 0 Å². The maximum atomic E-state index is 6.20. The van der Waals surface area contributed by atoms with Gasteiger partial charge in [-0.15, -0.1) is 11.3 Å². The molecular weight excluding hydrogens is 180 g/mol. The highest BCUT2D eigenvalue weighted by atomic mass is 32.1. The third-order valence-corrected chi connectivity index (χ3v) is 4.19. The van der Waals surface area contributed by atoms with Crippen LogP contribution < -0.4 is 5.73 Å². The maximum Gasteiger partial charge on any atom is 0.0896 e. The van der Waals surface area contributed by atoms with Gasteiger partial charge >= 0.3 is 0 Å². The molecule has 2 nitrogen and oxygen atoms in total. The Balaban J connectivity index is 2.36. The molecule has 0 spiro atoms. The van der Waals surface area contributed by atoms with E-state index < -0.39 is 0 Å². The SMILES string of the molecule is Cc1ncc(C2(C(C)(C)N)CC2)s1. The molecule has 0 unspecified atom stereocenters. The minimum Gasteiger partial charge on any atom is -0.325 e. The van der Waals surface area contributed by atoms with Gasteiger partial charge in [-0.25, -0.2) is 4.98 Å². The third-order valence-electron chi connectivity index (χ3n) is 3.08. The van der Waals surface area contributed by atoms with Crippen molar-refractivity contribution in [2.75, 3.05) is 0 Å². The second-order valence-electron chi connectivity index (χ2n) is 4.55. The van der Waals surface area contributed by atoms with Gasteiger partial charge in [-0.3, -0.25) is 0 Å². The molecule has 0 aromatic carbocycles. The van der Waals surface area contributed by atoms with E-state index >= 15 is 0 Å². The molecule has 0 amide bonds. The predicted molar refractivity (Wildman–Crippen MR) is 56.0 cm³/mol. The van der Waals surface area contributed by atoms with Crippen LogP contribution in [-0.4, -0.2) is 10.5 Å². The van der Waals surface area contributed by atoms with Crippen LogP contribution in [0.4, 0.5) is 0 Å². The van der Waals surface area contributed by atoms with E-state index in [1.165, 1.54) is 17.7 Å². The van der Waals surface area contributed by atoms with Gasteiger partial charge < -0.3 is 5.73 Å². The van der Waals surface area contributed by atoms with Gasteiger partial charge in [0.2, 0.25) is 0 Å². The van der Waals surface area contributed by atoms with E-state index in [9.17, 15) is 0 Å². The molecule has 0 saturated heterocycles. The fraction of sp³-hybridized carbons (Fsp3) is 0.700. The van der Waals surface area contributed by atoms with Gasteiger partial charge in [0, 0.05) is 22.0 Å². The van der Waals surface area contributed by atoms with Crippen molar-refractivity contribution in [3.63, 3.8) is 0 Å². The van der Waals surface area contributed by atoms with Crippen molar-refractivity contribution in [3.05, 3.63) is 16.1 Å². The summed E-state index contributed by atoms with van der Waals surface area (Å²) in [6.07, 6.45) is 4.44. The molecule has 1 aliphatic carbocycles. The van der Waals surface area contributed by atoms with Gasteiger partial charge in [-0.2, -0.15) is 0 Å². The van der Waals surface area contributed by atoms with Crippen LogP contribution in [-0.2, 0) is 5.41 Å². The van der Waals surface area contributed by atoms with Crippen LogP contribution in [0.5, 0.6) is 0 Å². The number of nitrogens with two attached hydrogens (primary N) is 1. The zero-order chi connectivity index (χ0) is 9.69. The number of nitrogens with zero attached hydrogens (tertiary/aromatic N) is 1. The first-order chi connectivity index (χ1) is 5.96.